The van der Waals surface area contributed by atoms with Crippen LogP contribution in [0, 0.1) is 0 Å². The lowest BCUT2D eigenvalue weighted by molar-refractivity contribution is -0.144. The lowest BCUT2D eigenvalue weighted by Crippen LogP contribution is -2.42. The van der Waals surface area contributed by atoms with Gasteiger partial charge in [0, 0.05) is 11.3 Å². The molecule has 0 unspecified atom stereocenters. The predicted molar refractivity (Wildman–Crippen MR) is 101 cm³/mol. The van der Waals surface area contributed by atoms with Gasteiger partial charge >= 0.3 is 12.0 Å². The van der Waals surface area contributed by atoms with Crippen molar-refractivity contribution < 1.29 is 23.9 Å². The second-order valence-corrected chi connectivity index (χ2v) is 5.97. The van der Waals surface area contributed by atoms with Gasteiger partial charge in [-0.3, -0.25) is 4.79 Å². The quantitative estimate of drug-likeness (QED) is 0.559. The molecule has 7 nitrogen and oxygen atoms in total. The Hall–Kier alpha value is -3.06. The average molecular weight is 391 g/mol. The number of hydrogen-bond donors (Lipinski definition) is 2. The molecule has 8 heteroatoms. The molecule has 0 bridgehead atoms. The zero-order valence-electron chi connectivity index (χ0n) is 14.8. The van der Waals surface area contributed by atoms with Crippen LogP contribution in [0.2, 0.25) is 5.02 Å². The third-order valence-corrected chi connectivity index (χ3v) is 3.85. The van der Waals surface area contributed by atoms with Crippen molar-refractivity contribution in [3.05, 3.63) is 59.1 Å². The van der Waals surface area contributed by atoms with E-state index < -0.39 is 30.4 Å². The molecule has 2 rings (SSSR count). The summed E-state index contributed by atoms with van der Waals surface area (Å²) in [5.74, 6) is -0.715. The molecule has 0 saturated carbocycles. The number of para-hydroxylation sites is 1. The van der Waals surface area contributed by atoms with Crippen LogP contribution < -0.4 is 15.4 Å². The van der Waals surface area contributed by atoms with Crippen LogP contribution in [0.3, 0.4) is 0 Å². The number of amides is 2. The highest BCUT2D eigenvalue weighted by molar-refractivity contribution is 6.32. The van der Waals surface area contributed by atoms with Gasteiger partial charge in [0.25, 0.3) is 0 Å². The second-order valence-electron chi connectivity index (χ2n) is 5.57. The molecular formula is C19H19ClN2O5. The summed E-state index contributed by atoms with van der Waals surface area (Å²) >= 11 is 5.97. The van der Waals surface area contributed by atoms with Crippen molar-refractivity contribution in [2.24, 2.45) is 0 Å². The van der Waals surface area contributed by atoms with Crippen LogP contribution in [0.4, 0.5) is 10.5 Å². The number of ketones is 1. The molecule has 0 radical (unpaired) electrons. The van der Waals surface area contributed by atoms with Crippen molar-refractivity contribution in [1.29, 1.82) is 0 Å². The zero-order chi connectivity index (χ0) is 19.8. The molecular weight excluding hydrogens is 372 g/mol. The van der Waals surface area contributed by atoms with E-state index in [4.69, 9.17) is 21.1 Å². The number of rotatable bonds is 7. The van der Waals surface area contributed by atoms with Gasteiger partial charge in [-0.1, -0.05) is 29.8 Å². The molecule has 2 N–H and O–H groups in total. The molecule has 27 heavy (non-hydrogen) atoms. The molecule has 1 atom stereocenters. The first-order valence-corrected chi connectivity index (χ1v) is 8.44. The Balaban J connectivity index is 1.82. The zero-order valence-corrected chi connectivity index (χ0v) is 15.6. The van der Waals surface area contributed by atoms with Crippen LogP contribution in [0.1, 0.15) is 17.3 Å². The number of urea groups is 1. The molecule has 2 aromatic carbocycles. The molecule has 0 aromatic heterocycles. The summed E-state index contributed by atoms with van der Waals surface area (Å²) in [7, 11) is 1.47. The fraction of sp³-hybridized carbons (Fsp3) is 0.211. The number of halogens is 1. The summed E-state index contributed by atoms with van der Waals surface area (Å²) in [5.41, 5.74) is 0.873. The normalized spacial score (nSPS) is 11.2. The minimum absolute atomic E-state index is 0.280. The fourth-order valence-corrected chi connectivity index (χ4v) is 2.39. The third kappa shape index (κ3) is 6.00. The monoisotopic (exact) mass is 390 g/mol. The SMILES string of the molecule is COc1ccc(C(=O)COC(=O)[C@H](C)NC(=O)Nc2ccccc2)cc1Cl. The molecule has 0 aliphatic rings. The highest BCUT2D eigenvalue weighted by atomic mass is 35.5. The number of esters is 1. The van der Waals surface area contributed by atoms with E-state index in [2.05, 4.69) is 10.6 Å². The first-order chi connectivity index (χ1) is 12.9. The standard InChI is InChI=1S/C19H19ClN2O5/c1-12(21-19(25)22-14-6-4-3-5-7-14)18(24)27-11-16(23)13-8-9-17(26-2)15(20)10-13/h3-10,12H,11H2,1-2H3,(H2,21,22,25)/t12-/m0/s1. The van der Waals surface area contributed by atoms with Crippen molar-refractivity contribution in [1.82, 2.24) is 5.32 Å². The Morgan fingerprint density at radius 2 is 1.81 bits per heavy atom. The van der Waals surface area contributed by atoms with Crippen LogP contribution in [-0.4, -0.2) is 37.5 Å². The number of hydrogen-bond acceptors (Lipinski definition) is 5. The number of carbonyl (C=O) groups excluding carboxylic acids is 3. The van der Waals surface area contributed by atoms with Crippen LogP contribution in [0.5, 0.6) is 5.75 Å². The van der Waals surface area contributed by atoms with Crippen molar-refractivity contribution in [3.63, 3.8) is 0 Å². The Morgan fingerprint density at radius 1 is 1.11 bits per heavy atom. The Morgan fingerprint density at radius 3 is 2.44 bits per heavy atom. The van der Waals surface area contributed by atoms with Crippen molar-refractivity contribution in [2.75, 3.05) is 19.0 Å². The smallest absolute Gasteiger partial charge is 0.328 e. The molecule has 0 aliphatic heterocycles. The third-order valence-electron chi connectivity index (χ3n) is 3.55. The maximum atomic E-state index is 12.1. The Labute approximate surface area is 161 Å². The molecule has 0 fully saturated rings. The predicted octanol–water partition coefficient (Wildman–Crippen LogP) is 3.28. The van der Waals surface area contributed by atoms with Gasteiger partial charge in [-0.2, -0.15) is 0 Å². The van der Waals surface area contributed by atoms with Crippen LogP contribution in [0.25, 0.3) is 0 Å². The summed E-state index contributed by atoms with van der Waals surface area (Å²) < 4.78 is 9.98. The number of nitrogens with one attached hydrogen (secondary N) is 2. The van der Waals surface area contributed by atoms with E-state index in [-0.39, 0.29) is 10.6 Å². The Bertz CT molecular complexity index is 826. The van der Waals surface area contributed by atoms with E-state index >= 15 is 0 Å². The van der Waals surface area contributed by atoms with Crippen molar-refractivity contribution >= 4 is 35.1 Å². The van der Waals surface area contributed by atoms with Gasteiger partial charge < -0.3 is 20.1 Å². The summed E-state index contributed by atoms with van der Waals surface area (Å²) in [4.78, 5) is 35.9. The highest BCUT2D eigenvalue weighted by Gasteiger charge is 2.19. The van der Waals surface area contributed by atoms with Gasteiger partial charge in [-0.25, -0.2) is 9.59 Å². The summed E-state index contributed by atoms with van der Waals surface area (Å²) in [6.07, 6.45) is 0. The summed E-state index contributed by atoms with van der Waals surface area (Å²) in [6, 6.07) is 11.8. The lowest BCUT2D eigenvalue weighted by Gasteiger charge is -2.14. The minimum Gasteiger partial charge on any atom is -0.495 e. The fourth-order valence-electron chi connectivity index (χ4n) is 2.13. The van der Waals surface area contributed by atoms with E-state index in [1.807, 2.05) is 6.07 Å². The van der Waals surface area contributed by atoms with Gasteiger partial charge in [0.1, 0.15) is 11.8 Å². The average Bonchev–Trinajstić information content (AvgIpc) is 2.66. The first kappa shape index (κ1) is 20.3. The lowest BCUT2D eigenvalue weighted by atomic mass is 10.1. The summed E-state index contributed by atoms with van der Waals surface area (Å²) in [5, 5.41) is 5.31. The number of carbonyl (C=O) groups is 3. The van der Waals surface area contributed by atoms with E-state index in [9.17, 15) is 14.4 Å². The van der Waals surface area contributed by atoms with E-state index in [1.54, 1.807) is 30.3 Å². The van der Waals surface area contributed by atoms with Crippen molar-refractivity contribution in [3.8, 4) is 5.75 Å². The van der Waals surface area contributed by atoms with E-state index in [1.165, 1.54) is 26.2 Å². The maximum Gasteiger partial charge on any atom is 0.328 e. The number of benzene rings is 2. The number of Topliss-reactive ketones (excluding diaryl/α,β-unsaturated/α-hetero) is 1. The number of anilines is 1. The van der Waals surface area contributed by atoms with Crippen LogP contribution >= 0.6 is 11.6 Å². The molecule has 0 aliphatic carbocycles. The molecule has 0 spiro atoms. The van der Waals surface area contributed by atoms with Gasteiger partial charge in [0.15, 0.2) is 12.4 Å². The molecule has 142 valence electrons. The molecule has 0 saturated heterocycles. The van der Waals surface area contributed by atoms with E-state index in [0.717, 1.165) is 0 Å². The van der Waals surface area contributed by atoms with Crippen LogP contribution in [-0.2, 0) is 9.53 Å². The maximum absolute atomic E-state index is 12.1. The second kappa shape index (κ2) is 9.59. The molecule has 0 heterocycles. The van der Waals surface area contributed by atoms with Gasteiger partial charge in [0.2, 0.25) is 0 Å². The number of methoxy groups -OCH3 is 1. The van der Waals surface area contributed by atoms with Gasteiger partial charge in [-0.15, -0.1) is 0 Å². The minimum atomic E-state index is -0.930. The molecule has 2 amide bonds. The first-order valence-electron chi connectivity index (χ1n) is 8.06. The van der Waals surface area contributed by atoms with Gasteiger partial charge in [-0.05, 0) is 37.3 Å². The van der Waals surface area contributed by atoms with Gasteiger partial charge in [0.05, 0.1) is 12.1 Å². The highest BCUT2D eigenvalue weighted by Crippen LogP contribution is 2.25. The largest absolute Gasteiger partial charge is 0.495 e. The topological polar surface area (TPSA) is 93.7 Å². The molecule has 2 aromatic rings. The van der Waals surface area contributed by atoms with Crippen LogP contribution in [0.15, 0.2) is 48.5 Å². The number of ether oxygens (including phenoxy) is 2. The Kier molecular flexibility index (Phi) is 7.19. The summed E-state index contributed by atoms with van der Waals surface area (Å²) in [6.45, 7) is 0.995. The van der Waals surface area contributed by atoms with Crippen molar-refractivity contribution in [2.45, 2.75) is 13.0 Å². The van der Waals surface area contributed by atoms with E-state index in [0.29, 0.717) is 11.4 Å².